The van der Waals surface area contributed by atoms with Crippen LogP contribution >= 0.6 is 0 Å². The Morgan fingerprint density at radius 1 is 0.636 bits per heavy atom. The molecular weight excluding hydrogens is 268 g/mol. The Morgan fingerprint density at radius 3 is 1.73 bits per heavy atom. The van der Waals surface area contributed by atoms with Crippen molar-refractivity contribution < 1.29 is 4.74 Å². The molecule has 0 atom stereocenters. The minimum absolute atomic E-state index is 0.931. The molecule has 1 aliphatic rings. The first-order chi connectivity index (χ1) is 10.7. The van der Waals surface area contributed by atoms with E-state index in [4.69, 9.17) is 4.74 Å². The first-order valence-electron chi connectivity index (χ1n) is 7.54. The van der Waals surface area contributed by atoms with Gasteiger partial charge in [0.25, 0.3) is 0 Å². The Labute approximate surface area is 131 Å². The molecule has 1 aliphatic heterocycles. The minimum atomic E-state index is 0.931. The molecule has 1 heteroatoms. The molecule has 22 heavy (non-hydrogen) atoms. The van der Waals surface area contributed by atoms with Crippen LogP contribution < -0.4 is 4.74 Å². The van der Waals surface area contributed by atoms with Crippen LogP contribution in [0.3, 0.4) is 0 Å². The van der Waals surface area contributed by atoms with Gasteiger partial charge in [0.05, 0.1) is 5.92 Å². The average Bonchev–Trinajstić information content (AvgIpc) is 2.54. The van der Waals surface area contributed by atoms with Crippen molar-refractivity contribution in [2.75, 3.05) is 0 Å². The van der Waals surface area contributed by atoms with Crippen molar-refractivity contribution in [3.8, 4) is 11.5 Å². The lowest BCUT2D eigenvalue weighted by atomic mass is 9.81. The van der Waals surface area contributed by atoms with Crippen molar-refractivity contribution in [2.24, 2.45) is 0 Å². The second-order valence-corrected chi connectivity index (χ2v) is 5.84. The molecule has 0 saturated heterocycles. The van der Waals surface area contributed by atoms with Gasteiger partial charge in [0, 0.05) is 11.1 Å². The lowest BCUT2D eigenvalue weighted by Gasteiger charge is -2.28. The molecule has 0 aliphatic carbocycles. The fourth-order valence-corrected chi connectivity index (χ4v) is 3.04. The van der Waals surface area contributed by atoms with E-state index in [-0.39, 0.29) is 0 Å². The highest BCUT2D eigenvalue weighted by atomic mass is 16.5. The SMILES string of the molecule is Cc1ccc2c(c1)[C](c1ccccc1)c1cc(C)ccc1O2. The molecule has 0 spiro atoms. The molecule has 0 bridgehead atoms. The smallest absolute Gasteiger partial charge is 0.131 e. The van der Waals surface area contributed by atoms with Crippen LogP contribution in [-0.2, 0) is 0 Å². The number of ether oxygens (including phenoxy) is 1. The van der Waals surface area contributed by atoms with Crippen LogP contribution in [0, 0.1) is 19.8 Å². The van der Waals surface area contributed by atoms with Gasteiger partial charge in [-0.1, -0.05) is 65.7 Å². The summed E-state index contributed by atoms with van der Waals surface area (Å²) < 4.78 is 6.12. The van der Waals surface area contributed by atoms with Gasteiger partial charge in [-0.25, -0.2) is 0 Å². The summed E-state index contributed by atoms with van der Waals surface area (Å²) in [6.07, 6.45) is 0. The van der Waals surface area contributed by atoms with E-state index in [1.807, 2.05) is 0 Å². The quantitative estimate of drug-likeness (QED) is 0.453. The first-order valence-corrected chi connectivity index (χ1v) is 7.54. The van der Waals surface area contributed by atoms with E-state index in [2.05, 4.69) is 80.6 Å². The third kappa shape index (κ3) is 2.10. The topological polar surface area (TPSA) is 9.23 Å². The molecule has 3 aromatic carbocycles. The van der Waals surface area contributed by atoms with Gasteiger partial charge in [-0.15, -0.1) is 0 Å². The monoisotopic (exact) mass is 285 g/mol. The lowest BCUT2D eigenvalue weighted by molar-refractivity contribution is 0.465. The van der Waals surface area contributed by atoms with Gasteiger partial charge in [0.1, 0.15) is 11.5 Å². The molecule has 3 aromatic rings. The van der Waals surface area contributed by atoms with E-state index in [0.29, 0.717) is 0 Å². The van der Waals surface area contributed by atoms with Crippen LogP contribution in [0.2, 0.25) is 0 Å². The van der Waals surface area contributed by atoms with Crippen LogP contribution in [-0.4, -0.2) is 0 Å². The largest absolute Gasteiger partial charge is 0.457 e. The predicted molar refractivity (Wildman–Crippen MR) is 89.4 cm³/mol. The molecule has 0 amide bonds. The van der Waals surface area contributed by atoms with Crippen molar-refractivity contribution in [1.29, 1.82) is 0 Å². The predicted octanol–water partition coefficient (Wildman–Crippen LogP) is 5.43. The lowest BCUT2D eigenvalue weighted by Crippen LogP contribution is -2.12. The highest BCUT2D eigenvalue weighted by Crippen LogP contribution is 2.46. The summed E-state index contributed by atoms with van der Waals surface area (Å²) in [5.41, 5.74) is 6.05. The fraction of sp³-hybridized carbons (Fsp3) is 0.0952. The van der Waals surface area contributed by atoms with Crippen LogP contribution in [0.25, 0.3) is 0 Å². The van der Waals surface area contributed by atoms with Gasteiger partial charge in [0.2, 0.25) is 0 Å². The zero-order valence-electron chi connectivity index (χ0n) is 12.8. The van der Waals surface area contributed by atoms with Gasteiger partial charge in [-0.2, -0.15) is 0 Å². The van der Waals surface area contributed by atoms with Crippen molar-refractivity contribution in [2.45, 2.75) is 13.8 Å². The van der Waals surface area contributed by atoms with E-state index in [1.165, 1.54) is 33.7 Å². The Bertz CT molecular complexity index is 782. The molecule has 1 nitrogen and oxygen atoms in total. The average molecular weight is 285 g/mol. The number of rotatable bonds is 1. The van der Waals surface area contributed by atoms with E-state index < -0.39 is 0 Å². The van der Waals surface area contributed by atoms with Gasteiger partial charge in [-0.05, 0) is 31.5 Å². The maximum absolute atomic E-state index is 6.12. The molecule has 0 N–H and O–H groups in total. The molecular formula is C21H17O. The Kier molecular flexibility index (Phi) is 3.00. The molecule has 107 valence electrons. The summed E-state index contributed by atoms with van der Waals surface area (Å²) in [5.74, 6) is 3.12. The highest BCUT2D eigenvalue weighted by molar-refractivity contribution is 5.69. The van der Waals surface area contributed by atoms with Crippen molar-refractivity contribution >= 4 is 0 Å². The van der Waals surface area contributed by atoms with Crippen molar-refractivity contribution in [3.63, 3.8) is 0 Å². The third-order valence-corrected chi connectivity index (χ3v) is 4.09. The highest BCUT2D eigenvalue weighted by Gasteiger charge is 2.29. The summed E-state index contributed by atoms with van der Waals surface area (Å²) in [6.45, 7) is 4.24. The molecule has 1 heterocycles. The molecule has 0 aromatic heterocycles. The number of hydrogen-bond donors (Lipinski definition) is 0. The summed E-state index contributed by atoms with van der Waals surface area (Å²) in [5, 5.41) is 0. The number of aryl methyl sites for hydroxylation is 2. The van der Waals surface area contributed by atoms with E-state index in [9.17, 15) is 0 Å². The number of fused-ring (bicyclic) bond motifs is 2. The summed E-state index contributed by atoms with van der Waals surface area (Å²) >= 11 is 0. The number of hydrogen-bond acceptors (Lipinski definition) is 1. The Balaban J connectivity index is 1.99. The summed E-state index contributed by atoms with van der Waals surface area (Å²) in [4.78, 5) is 0. The van der Waals surface area contributed by atoms with E-state index >= 15 is 0 Å². The van der Waals surface area contributed by atoms with E-state index in [1.54, 1.807) is 0 Å². The first kappa shape index (κ1) is 13.1. The number of benzene rings is 3. The van der Waals surface area contributed by atoms with Crippen LogP contribution in [0.4, 0.5) is 0 Å². The van der Waals surface area contributed by atoms with Gasteiger partial charge < -0.3 is 4.74 Å². The molecule has 1 radical (unpaired) electrons. The molecule has 0 fully saturated rings. The zero-order valence-corrected chi connectivity index (χ0v) is 12.8. The molecule has 0 saturated carbocycles. The summed E-state index contributed by atoms with van der Waals surface area (Å²) in [6, 6.07) is 23.3. The Morgan fingerprint density at radius 2 is 1.18 bits per heavy atom. The van der Waals surface area contributed by atoms with Crippen LogP contribution in [0.1, 0.15) is 27.8 Å². The normalized spacial score (nSPS) is 13.2. The van der Waals surface area contributed by atoms with Crippen LogP contribution in [0.5, 0.6) is 11.5 Å². The molecule has 0 unspecified atom stereocenters. The van der Waals surface area contributed by atoms with Gasteiger partial charge >= 0.3 is 0 Å². The standard InChI is InChI=1S/C21H17O/c1-14-8-10-19-17(12-14)21(16-6-4-3-5-7-16)18-13-15(2)9-11-20(18)22-19/h3-13H,1-2H3. The Hall–Kier alpha value is -2.54. The third-order valence-electron chi connectivity index (χ3n) is 4.09. The van der Waals surface area contributed by atoms with E-state index in [0.717, 1.165) is 11.5 Å². The molecule has 4 rings (SSSR count). The second-order valence-electron chi connectivity index (χ2n) is 5.84. The fourth-order valence-electron chi connectivity index (χ4n) is 3.04. The van der Waals surface area contributed by atoms with Crippen molar-refractivity contribution in [1.82, 2.24) is 0 Å². The summed E-state index contributed by atoms with van der Waals surface area (Å²) in [7, 11) is 0. The van der Waals surface area contributed by atoms with Crippen LogP contribution in [0.15, 0.2) is 66.7 Å². The maximum atomic E-state index is 6.12. The van der Waals surface area contributed by atoms with Crippen molar-refractivity contribution in [3.05, 3.63) is 100 Å². The maximum Gasteiger partial charge on any atom is 0.131 e. The van der Waals surface area contributed by atoms with Gasteiger partial charge in [0.15, 0.2) is 0 Å². The minimum Gasteiger partial charge on any atom is -0.457 e. The second kappa shape index (κ2) is 5.03. The zero-order chi connectivity index (χ0) is 15.1. The van der Waals surface area contributed by atoms with Gasteiger partial charge in [-0.3, -0.25) is 0 Å².